The molecule has 3 rings (SSSR count). The van der Waals surface area contributed by atoms with Gasteiger partial charge in [0.05, 0.1) is 23.1 Å². The number of nitrogens with zero attached hydrogens (tertiary/aromatic N) is 3. The summed E-state index contributed by atoms with van der Waals surface area (Å²) in [5.74, 6) is -0.588. The Morgan fingerprint density at radius 1 is 1.44 bits per heavy atom. The lowest BCUT2D eigenvalue weighted by Gasteiger charge is -2.05. The van der Waals surface area contributed by atoms with E-state index in [2.05, 4.69) is 10.1 Å². The molecule has 5 nitrogen and oxygen atoms in total. The van der Waals surface area contributed by atoms with Gasteiger partial charge in [0.25, 0.3) is 0 Å². The highest BCUT2D eigenvalue weighted by atomic mass is 16.4. The molecule has 0 radical (unpaired) electrons. The summed E-state index contributed by atoms with van der Waals surface area (Å²) >= 11 is 0. The zero-order chi connectivity index (χ0) is 12.7. The number of hydrogen-bond acceptors (Lipinski definition) is 3. The van der Waals surface area contributed by atoms with E-state index in [-0.39, 0.29) is 0 Å². The second-order valence-electron chi connectivity index (χ2n) is 4.61. The molecular formula is C13H13N3O2. The van der Waals surface area contributed by atoms with Crippen molar-refractivity contribution in [2.75, 3.05) is 0 Å². The molecule has 0 saturated heterocycles. The van der Waals surface area contributed by atoms with Gasteiger partial charge in [-0.1, -0.05) is 0 Å². The van der Waals surface area contributed by atoms with Gasteiger partial charge in [-0.05, 0) is 25.0 Å². The molecule has 1 fully saturated rings. The monoisotopic (exact) mass is 243 g/mol. The van der Waals surface area contributed by atoms with E-state index in [9.17, 15) is 4.79 Å². The molecule has 1 saturated carbocycles. The first kappa shape index (κ1) is 11.0. The van der Waals surface area contributed by atoms with E-state index in [0.717, 1.165) is 24.1 Å². The highest BCUT2D eigenvalue weighted by Gasteiger charge is 2.30. The molecular weight excluding hydrogens is 230 g/mol. The molecule has 0 aliphatic heterocycles. The van der Waals surface area contributed by atoms with Crippen LogP contribution in [0.5, 0.6) is 0 Å². The molecule has 2 heterocycles. The Kier molecular flexibility index (Phi) is 2.40. The molecule has 1 aliphatic rings. The van der Waals surface area contributed by atoms with Crippen LogP contribution in [0.4, 0.5) is 0 Å². The quantitative estimate of drug-likeness (QED) is 0.895. The van der Waals surface area contributed by atoms with Crippen LogP contribution < -0.4 is 0 Å². The van der Waals surface area contributed by atoms with E-state index in [1.165, 1.54) is 0 Å². The molecule has 92 valence electrons. The number of hydrogen-bond donors (Lipinski definition) is 1. The summed E-state index contributed by atoms with van der Waals surface area (Å²) in [7, 11) is 1.84. The van der Waals surface area contributed by atoms with Crippen LogP contribution in [-0.4, -0.2) is 25.8 Å². The minimum atomic E-state index is -0.901. The van der Waals surface area contributed by atoms with Crippen molar-refractivity contribution in [3.05, 3.63) is 35.8 Å². The number of pyridine rings is 1. The standard InChI is InChI=1S/C13H13N3O2/c1-16-7-9(6-14-16)11-5-4-10(13(17)18)12(15-11)8-2-3-8/h4-8H,2-3H2,1H3,(H,17,18). The van der Waals surface area contributed by atoms with Crippen molar-refractivity contribution >= 4 is 5.97 Å². The number of rotatable bonds is 3. The van der Waals surface area contributed by atoms with Gasteiger partial charge < -0.3 is 5.11 Å². The van der Waals surface area contributed by atoms with Crippen molar-refractivity contribution < 1.29 is 9.90 Å². The lowest BCUT2D eigenvalue weighted by molar-refractivity contribution is 0.0695. The van der Waals surface area contributed by atoms with Crippen molar-refractivity contribution in [3.8, 4) is 11.3 Å². The normalized spacial score (nSPS) is 14.7. The first-order valence-electron chi connectivity index (χ1n) is 5.88. The molecule has 1 aliphatic carbocycles. The number of carboxylic acid groups (broad SMARTS) is 1. The first-order chi connectivity index (χ1) is 8.65. The first-order valence-corrected chi connectivity index (χ1v) is 5.88. The van der Waals surface area contributed by atoms with Gasteiger partial charge in [0.2, 0.25) is 0 Å². The molecule has 0 amide bonds. The van der Waals surface area contributed by atoms with Gasteiger partial charge in [-0.3, -0.25) is 9.67 Å². The van der Waals surface area contributed by atoms with Crippen LogP contribution in [0.25, 0.3) is 11.3 Å². The summed E-state index contributed by atoms with van der Waals surface area (Å²) in [5.41, 5.74) is 2.74. The predicted molar refractivity (Wildman–Crippen MR) is 65.4 cm³/mol. The SMILES string of the molecule is Cn1cc(-c2ccc(C(=O)O)c(C3CC3)n2)cn1. The Morgan fingerprint density at radius 3 is 2.78 bits per heavy atom. The molecule has 5 heteroatoms. The molecule has 18 heavy (non-hydrogen) atoms. The molecule has 2 aromatic rings. The average molecular weight is 243 g/mol. The van der Waals surface area contributed by atoms with Gasteiger partial charge in [-0.15, -0.1) is 0 Å². The highest BCUT2D eigenvalue weighted by molar-refractivity contribution is 5.89. The molecule has 1 N–H and O–H groups in total. The van der Waals surface area contributed by atoms with Gasteiger partial charge in [-0.25, -0.2) is 4.79 Å². The fraction of sp³-hybridized carbons (Fsp3) is 0.308. The molecule has 2 aromatic heterocycles. The smallest absolute Gasteiger partial charge is 0.337 e. The number of aromatic nitrogens is 3. The van der Waals surface area contributed by atoms with E-state index in [0.29, 0.717) is 17.2 Å². The fourth-order valence-electron chi connectivity index (χ4n) is 2.04. The number of carbonyl (C=O) groups is 1. The van der Waals surface area contributed by atoms with Crippen molar-refractivity contribution in [1.82, 2.24) is 14.8 Å². The average Bonchev–Trinajstić information content (AvgIpc) is 3.11. The second-order valence-corrected chi connectivity index (χ2v) is 4.61. The summed E-state index contributed by atoms with van der Waals surface area (Å²) < 4.78 is 1.71. The minimum absolute atomic E-state index is 0.313. The van der Waals surface area contributed by atoms with Crippen molar-refractivity contribution in [1.29, 1.82) is 0 Å². The van der Waals surface area contributed by atoms with Gasteiger partial charge in [0.1, 0.15) is 0 Å². The zero-order valence-electron chi connectivity index (χ0n) is 10.00. The summed E-state index contributed by atoms with van der Waals surface area (Å²) in [6.45, 7) is 0. The van der Waals surface area contributed by atoms with Crippen molar-refractivity contribution in [2.24, 2.45) is 7.05 Å². The second kappa shape index (κ2) is 3.94. The van der Waals surface area contributed by atoms with Crippen LogP contribution in [0.3, 0.4) is 0 Å². The predicted octanol–water partition coefficient (Wildman–Crippen LogP) is 2.06. The van der Waals surface area contributed by atoms with Crippen LogP contribution in [0.15, 0.2) is 24.5 Å². The maximum atomic E-state index is 11.1. The van der Waals surface area contributed by atoms with Gasteiger partial charge in [0.15, 0.2) is 0 Å². The number of aromatic carboxylic acids is 1. The van der Waals surface area contributed by atoms with Crippen molar-refractivity contribution in [2.45, 2.75) is 18.8 Å². The Hall–Kier alpha value is -2.17. The Bertz CT molecular complexity index is 614. The summed E-state index contributed by atoms with van der Waals surface area (Å²) in [5, 5.41) is 13.3. The lowest BCUT2D eigenvalue weighted by atomic mass is 10.1. The Labute approximate surface area is 104 Å². The van der Waals surface area contributed by atoms with Crippen LogP contribution in [0, 0.1) is 0 Å². The van der Waals surface area contributed by atoms with E-state index >= 15 is 0 Å². The third kappa shape index (κ3) is 1.88. The zero-order valence-corrected chi connectivity index (χ0v) is 10.00. The maximum absolute atomic E-state index is 11.1. The molecule has 0 aromatic carbocycles. The largest absolute Gasteiger partial charge is 0.478 e. The van der Waals surface area contributed by atoms with Crippen LogP contribution in [0.2, 0.25) is 0 Å². The van der Waals surface area contributed by atoms with Crippen LogP contribution in [-0.2, 0) is 7.05 Å². The summed E-state index contributed by atoms with van der Waals surface area (Å²) in [6, 6.07) is 3.39. The van der Waals surface area contributed by atoms with E-state index in [4.69, 9.17) is 5.11 Å². The maximum Gasteiger partial charge on any atom is 0.337 e. The van der Waals surface area contributed by atoms with Gasteiger partial charge in [-0.2, -0.15) is 5.10 Å². The number of aryl methyl sites for hydroxylation is 1. The molecule has 0 atom stereocenters. The summed E-state index contributed by atoms with van der Waals surface area (Å²) in [4.78, 5) is 15.7. The van der Waals surface area contributed by atoms with E-state index in [1.807, 2.05) is 13.2 Å². The van der Waals surface area contributed by atoms with Crippen LogP contribution >= 0.6 is 0 Å². The fourth-order valence-corrected chi connectivity index (χ4v) is 2.04. The topological polar surface area (TPSA) is 68.0 Å². The van der Waals surface area contributed by atoms with Gasteiger partial charge >= 0.3 is 5.97 Å². The Morgan fingerprint density at radius 2 is 2.22 bits per heavy atom. The molecule has 0 unspecified atom stereocenters. The Balaban J connectivity index is 2.07. The van der Waals surface area contributed by atoms with Crippen LogP contribution in [0.1, 0.15) is 34.8 Å². The number of carboxylic acids is 1. The third-order valence-electron chi connectivity index (χ3n) is 3.12. The van der Waals surface area contributed by atoms with Crippen molar-refractivity contribution in [3.63, 3.8) is 0 Å². The lowest BCUT2D eigenvalue weighted by Crippen LogP contribution is -2.04. The molecule has 0 bridgehead atoms. The molecule has 0 spiro atoms. The van der Waals surface area contributed by atoms with Gasteiger partial charge in [0, 0.05) is 24.7 Å². The summed E-state index contributed by atoms with van der Waals surface area (Å²) in [6.07, 6.45) is 5.67. The highest BCUT2D eigenvalue weighted by Crippen LogP contribution is 2.41. The van der Waals surface area contributed by atoms with E-state index in [1.54, 1.807) is 23.0 Å². The minimum Gasteiger partial charge on any atom is -0.478 e. The van der Waals surface area contributed by atoms with E-state index < -0.39 is 5.97 Å². The third-order valence-corrected chi connectivity index (χ3v) is 3.12.